The van der Waals surface area contributed by atoms with Crippen LogP contribution in [0.25, 0.3) is 0 Å². The second-order valence-electron chi connectivity index (χ2n) is 3.05. The number of hydrogen-bond donors (Lipinski definition) is 1. The minimum atomic E-state index is 0.00394. The Labute approximate surface area is 70.8 Å². The third-order valence-electron chi connectivity index (χ3n) is 2.02. The lowest BCUT2D eigenvalue weighted by molar-refractivity contribution is -0.119. The van der Waals surface area contributed by atoms with E-state index in [4.69, 9.17) is 0 Å². The van der Waals surface area contributed by atoms with Crippen LogP contribution in [0.5, 0.6) is 0 Å². The number of carbonyl (C=O) groups excluding carboxylic acids is 1. The maximum atomic E-state index is 10.8. The first-order valence-electron chi connectivity index (χ1n) is 3.97. The van der Waals surface area contributed by atoms with Crippen LogP contribution in [0, 0.1) is 0 Å². The molecule has 0 saturated carbocycles. The zero-order chi connectivity index (χ0) is 8.55. The summed E-state index contributed by atoms with van der Waals surface area (Å²) in [4.78, 5) is 14.9. The summed E-state index contributed by atoms with van der Waals surface area (Å²) in [5.74, 6) is 0.00394. The highest BCUT2D eigenvalue weighted by molar-refractivity contribution is 5.73. The number of pyridine rings is 1. The zero-order valence-corrected chi connectivity index (χ0v) is 6.87. The lowest BCUT2D eigenvalue weighted by atomic mass is 10.2. The van der Waals surface area contributed by atoms with E-state index in [1.54, 1.807) is 6.20 Å². The molecule has 1 N–H and O–H groups in total. The molecule has 0 aromatic carbocycles. The Bertz CT molecular complexity index is 322. The molecule has 12 heavy (non-hydrogen) atoms. The molecule has 2 rings (SSSR count). The first-order valence-corrected chi connectivity index (χ1v) is 3.97. The predicted octanol–water partition coefficient (Wildman–Crippen LogP) is 0.815. The second kappa shape index (κ2) is 2.59. The fourth-order valence-corrected chi connectivity index (χ4v) is 1.52. The van der Waals surface area contributed by atoms with Crippen LogP contribution in [0.15, 0.2) is 18.3 Å². The molecule has 1 atom stereocenters. The smallest absolute Gasteiger partial charge is 0.217 e. The van der Waals surface area contributed by atoms with Gasteiger partial charge in [0.05, 0.1) is 11.7 Å². The highest BCUT2D eigenvalue weighted by Crippen LogP contribution is 2.24. The summed E-state index contributed by atoms with van der Waals surface area (Å²) in [5, 5.41) is 2.85. The second-order valence-corrected chi connectivity index (χ2v) is 3.05. The molecular weight excluding hydrogens is 152 g/mol. The Morgan fingerprint density at radius 1 is 1.75 bits per heavy atom. The van der Waals surface area contributed by atoms with Crippen molar-refractivity contribution in [3.63, 3.8) is 0 Å². The average molecular weight is 162 g/mol. The van der Waals surface area contributed by atoms with Crippen LogP contribution in [-0.4, -0.2) is 10.9 Å². The highest BCUT2D eigenvalue weighted by atomic mass is 16.1. The van der Waals surface area contributed by atoms with Crippen LogP contribution in [0.2, 0.25) is 0 Å². The molecular formula is C9H10N2O. The number of amides is 1. The molecule has 1 aliphatic carbocycles. The van der Waals surface area contributed by atoms with E-state index in [0.717, 1.165) is 12.1 Å². The maximum Gasteiger partial charge on any atom is 0.217 e. The molecule has 62 valence electrons. The molecule has 1 aromatic rings. The van der Waals surface area contributed by atoms with Gasteiger partial charge in [0, 0.05) is 13.1 Å². The summed E-state index contributed by atoms with van der Waals surface area (Å²) >= 11 is 0. The van der Waals surface area contributed by atoms with Gasteiger partial charge in [-0.3, -0.25) is 9.78 Å². The highest BCUT2D eigenvalue weighted by Gasteiger charge is 2.20. The van der Waals surface area contributed by atoms with E-state index in [9.17, 15) is 4.79 Å². The van der Waals surface area contributed by atoms with Crippen LogP contribution in [0.3, 0.4) is 0 Å². The van der Waals surface area contributed by atoms with Crippen LogP contribution in [0.4, 0.5) is 0 Å². The molecule has 0 unspecified atom stereocenters. The van der Waals surface area contributed by atoms with Crippen molar-refractivity contribution < 1.29 is 4.79 Å². The zero-order valence-electron chi connectivity index (χ0n) is 6.87. The number of nitrogens with one attached hydrogen (secondary N) is 1. The van der Waals surface area contributed by atoms with Crippen molar-refractivity contribution in [2.45, 2.75) is 19.4 Å². The maximum absolute atomic E-state index is 10.8. The number of carbonyl (C=O) groups is 1. The predicted molar refractivity (Wildman–Crippen MR) is 44.5 cm³/mol. The fourth-order valence-electron chi connectivity index (χ4n) is 1.52. The summed E-state index contributed by atoms with van der Waals surface area (Å²) in [7, 11) is 0. The Morgan fingerprint density at radius 2 is 2.58 bits per heavy atom. The van der Waals surface area contributed by atoms with Crippen molar-refractivity contribution >= 4 is 5.91 Å². The summed E-state index contributed by atoms with van der Waals surface area (Å²) in [6.45, 7) is 1.53. The van der Waals surface area contributed by atoms with Crippen LogP contribution >= 0.6 is 0 Å². The molecule has 0 spiro atoms. The topological polar surface area (TPSA) is 42.0 Å². The Morgan fingerprint density at radius 3 is 3.25 bits per heavy atom. The van der Waals surface area contributed by atoms with E-state index in [2.05, 4.69) is 10.3 Å². The Hall–Kier alpha value is -1.38. The minimum Gasteiger partial charge on any atom is -0.348 e. The summed E-state index contributed by atoms with van der Waals surface area (Å²) in [5.41, 5.74) is 2.22. The summed E-state index contributed by atoms with van der Waals surface area (Å²) in [6.07, 6.45) is 2.67. The van der Waals surface area contributed by atoms with E-state index < -0.39 is 0 Å². The van der Waals surface area contributed by atoms with Gasteiger partial charge in [-0.15, -0.1) is 0 Å². The SMILES string of the molecule is CC(=O)N[C@H]1Cc2ccnc1c2. The molecule has 1 amide bonds. The quantitative estimate of drug-likeness (QED) is 0.664. The van der Waals surface area contributed by atoms with E-state index in [-0.39, 0.29) is 11.9 Å². The normalized spacial score (nSPS) is 19.2. The molecule has 2 bridgehead atoms. The molecule has 1 aliphatic rings. The first-order chi connectivity index (χ1) is 5.75. The molecule has 0 radical (unpaired) electrons. The lowest BCUT2D eigenvalue weighted by Crippen LogP contribution is -2.25. The number of rotatable bonds is 1. The molecule has 1 aromatic heterocycles. The Kier molecular flexibility index (Phi) is 1.57. The average Bonchev–Trinajstić information content (AvgIpc) is 2.26. The fraction of sp³-hybridized carbons (Fsp3) is 0.333. The standard InChI is InChI=1S/C9H10N2O/c1-6(12)11-9-5-7-2-3-10-8(9)4-7/h2-4,9H,5H2,1H3,(H,11,12)/t9-/m0/s1. The molecule has 1 heterocycles. The van der Waals surface area contributed by atoms with Gasteiger partial charge in [0.15, 0.2) is 0 Å². The molecule has 3 nitrogen and oxygen atoms in total. The van der Waals surface area contributed by atoms with Gasteiger partial charge < -0.3 is 5.32 Å². The van der Waals surface area contributed by atoms with E-state index in [1.807, 2.05) is 12.1 Å². The van der Waals surface area contributed by atoms with Crippen molar-refractivity contribution in [1.82, 2.24) is 10.3 Å². The molecule has 0 aliphatic heterocycles. The third-order valence-corrected chi connectivity index (χ3v) is 2.02. The Balaban J connectivity index is 2.18. The number of aromatic nitrogens is 1. The monoisotopic (exact) mass is 162 g/mol. The van der Waals surface area contributed by atoms with Gasteiger partial charge in [-0.05, 0) is 24.1 Å². The van der Waals surface area contributed by atoms with Gasteiger partial charge in [-0.2, -0.15) is 0 Å². The van der Waals surface area contributed by atoms with Crippen molar-refractivity contribution in [3.05, 3.63) is 29.6 Å². The number of fused-ring (bicyclic) bond motifs is 2. The lowest BCUT2D eigenvalue weighted by Gasteiger charge is -2.09. The van der Waals surface area contributed by atoms with Crippen LogP contribution in [-0.2, 0) is 11.2 Å². The van der Waals surface area contributed by atoms with E-state index >= 15 is 0 Å². The van der Waals surface area contributed by atoms with Crippen molar-refractivity contribution in [1.29, 1.82) is 0 Å². The number of nitrogens with zero attached hydrogens (tertiary/aromatic N) is 1. The minimum absolute atomic E-state index is 0.00394. The summed E-state index contributed by atoms with van der Waals surface area (Å²) < 4.78 is 0. The van der Waals surface area contributed by atoms with Gasteiger partial charge in [-0.25, -0.2) is 0 Å². The molecule has 0 fully saturated rings. The third kappa shape index (κ3) is 1.18. The van der Waals surface area contributed by atoms with E-state index in [0.29, 0.717) is 0 Å². The van der Waals surface area contributed by atoms with Gasteiger partial charge in [0.1, 0.15) is 0 Å². The first kappa shape index (κ1) is 7.28. The van der Waals surface area contributed by atoms with Gasteiger partial charge >= 0.3 is 0 Å². The van der Waals surface area contributed by atoms with Gasteiger partial charge in [0.25, 0.3) is 0 Å². The van der Waals surface area contributed by atoms with Crippen molar-refractivity contribution in [2.75, 3.05) is 0 Å². The van der Waals surface area contributed by atoms with Crippen LogP contribution < -0.4 is 5.32 Å². The largest absolute Gasteiger partial charge is 0.348 e. The van der Waals surface area contributed by atoms with Gasteiger partial charge in [0.2, 0.25) is 5.91 Å². The van der Waals surface area contributed by atoms with Gasteiger partial charge in [-0.1, -0.05) is 0 Å². The molecule has 0 saturated heterocycles. The molecule has 3 heteroatoms. The van der Waals surface area contributed by atoms with E-state index in [1.165, 1.54) is 12.5 Å². The van der Waals surface area contributed by atoms with Crippen molar-refractivity contribution in [3.8, 4) is 0 Å². The summed E-state index contributed by atoms with van der Waals surface area (Å²) in [6, 6.07) is 4.11. The number of hydrogen-bond acceptors (Lipinski definition) is 2. The van der Waals surface area contributed by atoms with Crippen molar-refractivity contribution in [2.24, 2.45) is 0 Å². The van der Waals surface area contributed by atoms with Crippen LogP contribution in [0.1, 0.15) is 24.2 Å².